The molecule has 1 aliphatic rings. The Morgan fingerprint density at radius 1 is 1.24 bits per heavy atom. The van der Waals surface area contributed by atoms with Crippen molar-refractivity contribution >= 4 is 27.6 Å². The summed E-state index contributed by atoms with van der Waals surface area (Å²) in [6, 6.07) is 15.9. The molecule has 1 aliphatic heterocycles. The summed E-state index contributed by atoms with van der Waals surface area (Å²) in [4.78, 5) is 12.2. The number of ether oxygens (including phenoxy) is 1. The molecule has 21 heavy (non-hydrogen) atoms. The first kappa shape index (κ1) is 14.1. The summed E-state index contributed by atoms with van der Waals surface area (Å²) in [7, 11) is 0. The molecule has 2 aromatic rings. The van der Waals surface area contributed by atoms with Crippen molar-refractivity contribution in [1.29, 1.82) is 0 Å². The number of benzene rings is 2. The summed E-state index contributed by atoms with van der Waals surface area (Å²) in [5, 5.41) is 3.29. The summed E-state index contributed by atoms with van der Waals surface area (Å²) >= 11 is 3.41. The van der Waals surface area contributed by atoms with Crippen molar-refractivity contribution in [3.8, 4) is 0 Å². The van der Waals surface area contributed by atoms with Crippen molar-refractivity contribution in [2.24, 2.45) is 5.92 Å². The highest BCUT2D eigenvalue weighted by Crippen LogP contribution is 2.25. The number of hydrogen-bond acceptors (Lipinski definition) is 3. The van der Waals surface area contributed by atoms with Crippen LogP contribution >= 0.6 is 15.9 Å². The molecule has 0 spiro atoms. The number of fused-ring (bicyclic) bond motifs is 1. The summed E-state index contributed by atoms with van der Waals surface area (Å²) < 4.78 is 6.43. The second-order valence-corrected chi connectivity index (χ2v) is 6.09. The Hall–Kier alpha value is -1.81. The van der Waals surface area contributed by atoms with Gasteiger partial charge in [0.05, 0.1) is 5.92 Å². The molecule has 108 valence electrons. The van der Waals surface area contributed by atoms with E-state index in [0.717, 1.165) is 22.1 Å². The predicted molar refractivity (Wildman–Crippen MR) is 86.1 cm³/mol. The Bertz CT molecular complexity index is 657. The summed E-state index contributed by atoms with van der Waals surface area (Å²) in [5.41, 5.74) is 3.28. The summed E-state index contributed by atoms with van der Waals surface area (Å²) in [5.74, 6) is -0.260. The van der Waals surface area contributed by atoms with E-state index in [1.54, 1.807) is 0 Å². The maximum absolute atomic E-state index is 12.2. The van der Waals surface area contributed by atoms with Gasteiger partial charge in [0.15, 0.2) is 0 Å². The van der Waals surface area contributed by atoms with Crippen LogP contribution in [-0.2, 0) is 22.6 Å². The molecule has 0 radical (unpaired) electrons. The average molecular weight is 346 g/mol. The predicted octanol–water partition coefficient (Wildman–Crippen LogP) is 3.78. The lowest BCUT2D eigenvalue weighted by molar-refractivity contribution is -0.149. The largest absolute Gasteiger partial charge is 0.461 e. The van der Waals surface area contributed by atoms with Crippen LogP contribution in [0.3, 0.4) is 0 Å². The van der Waals surface area contributed by atoms with Crippen molar-refractivity contribution in [3.05, 3.63) is 64.1 Å². The Balaban J connectivity index is 1.59. The molecule has 0 amide bonds. The zero-order valence-electron chi connectivity index (χ0n) is 11.5. The van der Waals surface area contributed by atoms with E-state index in [0.29, 0.717) is 13.2 Å². The molecular weight excluding hydrogens is 330 g/mol. The van der Waals surface area contributed by atoms with Gasteiger partial charge < -0.3 is 10.1 Å². The Kier molecular flexibility index (Phi) is 4.25. The minimum absolute atomic E-state index is 0.118. The minimum atomic E-state index is -0.142. The highest BCUT2D eigenvalue weighted by Gasteiger charge is 2.25. The van der Waals surface area contributed by atoms with E-state index in [1.807, 2.05) is 42.5 Å². The average Bonchev–Trinajstić information content (AvgIpc) is 2.52. The van der Waals surface area contributed by atoms with Crippen LogP contribution in [0.4, 0.5) is 5.69 Å². The number of carbonyl (C=O) groups excluding carboxylic acids is 1. The molecule has 0 bridgehead atoms. The third-order valence-corrected chi connectivity index (χ3v) is 4.12. The second-order valence-electron chi connectivity index (χ2n) is 5.18. The molecule has 0 saturated heterocycles. The molecule has 0 aliphatic carbocycles. The van der Waals surface area contributed by atoms with E-state index in [4.69, 9.17) is 4.74 Å². The quantitative estimate of drug-likeness (QED) is 0.860. The third kappa shape index (κ3) is 3.45. The van der Waals surface area contributed by atoms with Gasteiger partial charge in [0, 0.05) is 16.7 Å². The highest BCUT2D eigenvalue weighted by molar-refractivity contribution is 9.10. The normalized spacial score (nSPS) is 16.7. The molecule has 1 heterocycles. The topological polar surface area (TPSA) is 38.3 Å². The van der Waals surface area contributed by atoms with Gasteiger partial charge in [0.2, 0.25) is 0 Å². The molecular formula is C17H16BrNO2. The van der Waals surface area contributed by atoms with Crippen molar-refractivity contribution in [1.82, 2.24) is 0 Å². The lowest BCUT2D eigenvalue weighted by Crippen LogP contribution is -2.31. The van der Waals surface area contributed by atoms with E-state index < -0.39 is 0 Å². The molecule has 2 aromatic carbocycles. The maximum Gasteiger partial charge on any atom is 0.311 e. The van der Waals surface area contributed by atoms with Crippen molar-refractivity contribution < 1.29 is 9.53 Å². The van der Waals surface area contributed by atoms with Gasteiger partial charge in [-0.2, -0.15) is 0 Å². The minimum Gasteiger partial charge on any atom is -0.461 e. The van der Waals surface area contributed by atoms with Gasteiger partial charge in [-0.3, -0.25) is 4.79 Å². The van der Waals surface area contributed by atoms with Crippen molar-refractivity contribution in [3.63, 3.8) is 0 Å². The van der Waals surface area contributed by atoms with Crippen LogP contribution in [0.5, 0.6) is 0 Å². The number of hydrogen-bond donors (Lipinski definition) is 1. The van der Waals surface area contributed by atoms with Crippen LogP contribution in [-0.4, -0.2) is 12.5 Å². The Morgan fingerprint density at radius 2 is 2.10 bits per heavy atom. The number of esters is 1. The number of halogens is 1. The van der Waals surface area contributed by atoms with Gasteiger partial charge in [-0.05, 0) is 35.7 Å². The van der Waals surface area contributed by atoms with Gasteiger partial charge in [0.25, 0.3) is 0 Å². The first-order valence-electron chi connectivity index (χ1n) is 6.95. The van der Waals surface area contributed by atoms with Crippen LogP contribution in [0.25, 0.3) is 0 Å². The lowest BCUT2D eigenvalue weighted by atomic mass is 9.94. The number of nitrogens with one attached hydrogen (secondary N) is 1. The molecule has 4 heteroatoms. The van der Waals surface area contributed by atoms with E-state index in [2.05, 4.69) is 27.3 Å². The SMILES string of the molecule is O=C(OCc1cccc(Br)c1)C1CNc2ccccc2C1. The van der Waals surface area contributed by atoms with E-state index in [9.17, 15) is 4.79 Å². The molecule has 0 saturated carbocycles. The van der Waals surface area contributed by atoms with E-state index in [1.165, 1.54) is 5.56 Å². The van der Waals surface area contributed by atoms with Crippen LogP contribution in [0.1, 0.15) is 11.1 Å². The molecule has 0 fully saturated rings. The van der Waals surface area contributed by atoms with E-state index >= 15 is 0 Å². The fraction of sp³-hybridized carbons (Fsp3) is 0.235. The Morgan fingerprint density at radius 3 is 2.95 bits per heavy atom. The van der Waals surface area contributed by atoms with Crippen molar-refractivity contribution in [2.45, 2.75) is 13.0 Å². The van der Waals surface area contributed by atoms with Gasteiger partial charge in [-0.25, -0.2) is 0 Å². The number of anilines is 1. The molecule has 1 unspecified atom stereocenters. The fourth-order valence-corrected chi connectivity index (χ4v) is 2.95. The van der Waals surface area contributed by atoms with Gasteiger partial charge in [-0.15, -0.1) is 0 Å². The summed E-state index contributed by atoms with van der Waals surface area (Å²) in [6.07, 6.45) is 0.737. The van der Waals surface area contributed by atoms with Crippen LogP contribution in [0.15, 0.2) is 53.0 Å². The first-order chi connectivity index (χ1) is 10.2. The smallest absolute Gasteiger partial charge is 0.311 e. The molecule has 3 rings (SSSR count). The van der Waals surface area contributed by atoms with Gasteiger partial charge in [-0.1, -0.05) is 46.3 Å². The molecule has 0 aromatic heterocycles. The Labute approximate surface area is 132 Å². The molecule has 1 atom stereocenters. The number of rotatable bonds is 3. The first-order valence-corrected chi connectivity index (χ1v) is 7.74. The molecule has 1 N–H and O–H groups in total. The van der Waals surface area contributed by atoms with Crippen LogP contribution in [0.2, 0.25) is 0 Å². The van der Waals surface area contributed by atoms with Crippen molar-refractivity contribution in [2.75, 3.05) is 11.9 Å². The lowest BCUT2D eigenvalue weighted by Gasteiger charge is -2.24. The third-order valence-electron chi connectivity index (χ3n) is 3.63. The fourth-order valence-electron chi connectivity index (χ4n) is 2.51. The van der Waals surface area contributed by atoms with Crippen LogP contribution < -0.4 is 5.32 Å². The standard InChI is InChI=1S/C17H16BrNO2/c18-15-6-3-4-12(8-15)11-21-17(20)14-9-13-5-1-2-7-16(13)19-10-14/h1-8,14,19H,9-11H2. The second kappa shape index (κ2) is 6.31. The van der Waals surface area contributed by atoms with Gasteiger partial charge in [0.1, 0.15) is 6.61 Å². The molecule has 3 nitrogen and oxygen atoms in total. The van der Waals surface area contributed by atoms with E-state index in [-0.39, 0.29) is 11.9 Å². The van der Waals surface area contributed by atoms with Gasteiger partial charge >= 0.3 is 5.97 Å². The summed E-state index contributed by atoms with van der Waals surface area (Å²) in [6.45, 7) is 0.949. The zero-order chi connectivity index (χ0) is 14.7. The number of carbonyl (C=O) groups is 1. The maximum atomic E-state index is 12.2. The monoisotopic (exact) mass is 345 g/mol. The van der Waals surface area contributed by atoms with Crippen LogP contribution in [0, 0.1) is 5.92 Å². The number of para-hydroxylation sites is 1. The zero-order valence-corrected chi connectivity index (χ0v) is 13.1. The highest BCUT2D eigenvalue weighted by atomic mass is 79.9.